The van der Waals surface area contributed by atoms with Crippen LogP contribution in [0.15, 0.2) is 29.8 Å². The second-order valence-electron chi connectivity index (χ2n) is 2.60. The Hall–Kier alpha value is -1.58. The van der Waals surface area contributed by atoms with E-state index >= 15 is 0 Å². The summed E-state index contributed by atoms with van der Waals surface area (Å²) in [6.07, 6.45) is -3.09. The number of alkyl halides is 3. The molecule has 0 radical (unpaired) electrons. The monoisotopic (exact) mass is 199 g/mol. The predicted octanol–water partition coefficient (Wildman–Crippen LogP) is 3.68. The average Bonchev–Trinajstić information content (AvgIpc) is 2.15. The molecular weight excluding hydrogens is 191 g/mol. The maximum atomic E-state index is 12.4. The molecular formula is C10H8F3N. The topological polar surface area (TPSA) is 12.4 Å². The van der Waals surface area contributed by atoms with Crippen molar-refractivity contribution in [1.82, 2.24) is 0 Å². The minimum Gasteiger partial charge on any atom is -0.263 e. The molecule has 0 saturated heterocycles. The summed E-state index contributed by atoms with van der Waals surface area (Å²) in [6, 6.07) is 3.79. The Morgan fingerprint density at radius 3 is 2.36 bits per heavy atom. The number of hydrogen-bond acceptors (Lipinski definition) is 1. The van der Waals surface area contributed by atoms with Crippen LogP contribution >= 0.6 is 0 Å². The van der Waals surface area contributed by atoms with Crippen LogP contribution in [0.25, 0.3) is 6.08 Å². The standard InChI is InChI=1S/C10H8F3N/c1-3-7-5-4-6-8(9(7)14-2)10(11,12)13/h3-6H,1-2H2. The number of rotatable bonds is 2. The Labute approximate surface area is 79.6 Å². The van der Waals surface area contributed by atoms with Gasteiger partial charge in [-0.1, -0.05) is 24.8 Å². The van der Waals surface area contributed by atoms with E-state index in [4.69, 9.17) is 0 Å². The van der Waals surface area contributed by atoms with Crippen LogP contribution in [0.1, 0.15) is 11.1 Å². The van der Waals surface area contributed by atoms with Gasteiger partial charge in [0.05, 0.1) is 11.3 Å². The van der Waals surface area contributed by atoms with Crippen molar-refractivity contribution in [3.63, 3.8) is 0 Å². The summed E-state index contributed by atoms with van der Waals surface area (Å²) < 4.78 is 37.3. The van der Waals surface area contributed by atoms with Crippen LogP contribution in [0.2, 0.25) is 0 Å². The first kappa shape index (κ1) is 10.5. The number of para-hydroxylation sites is 1. The molecule has 0 bridgehead atoms. The van der Waals surface area contributed by atoms with E-state index in [1.165, 1.54) is 18.2 Å². The van der Waals surface area contributed by atoms with Crippen molar-refractivity contribution in [2.45, 2.75) is 6.18 Å². The Kier molecular flexibility index (Phi) is 2.74. The van der Waals surface area contributed by atoms with Gasteiger partial charge < -0.3 is 0 Å². The number of aliphatic imine (C=N–C) groups is 1. The molecule has 1 aromatic carbocycles. The number of halogens is 3. The van der Waals surface area contributed by atoms with Crippen LogP contribution in [-0.4, -0.2) is 6.72 Å². The molecule has 74 valence electrons. The van der Waals surface area contributed by atoms with Gasteiger partial charge in [-0.05, 0) is 12.8 Å². The summed E-state index contributed by atoms with van der Waals surface area (Å²) in [7, 11) is 0. The van der Waals surface area contributed by atoms with Crippen molar-refractivity contribution >= 4 is 18.5 Å². The first-order chi connectivity index (χ1) is 6.50. The van der Waals surface area contributed by atoms with Gasteiger partial charge in [-0.15, -0.1) is 0 Å². The molecule has 0 aliphatic carbocycles. The molecule has 0 atom stereocenters. The Bertz CT molecular complexity index is 366. The zero-order valence-electron chi connectivity index (χ0n) is 7.30. The van der Waals surface area contributed by atoms with Crippen LogP contribution < -0.4 is 0 Å². The summed E-state index contributed by atoms with van der Waals surface area (Å²) in [6.45, 7) is 6.52. The minimum absolute atomic E-state index is 0.171. The normalized spacial score (nSPS) is 11.1. The number of nitrogens with zero attached hydrogens (tertiary/aromatic N) is 1. The third kappa shape index (κ3) is 1.84. The largest absolute Gasteiger partial charge is 0.418 e. The highest BCUT2D eigenvalue weighted by atomic mass is 19.4. The SMILES string of the molecule is C=Cc1cccc(C(F)(F)F)c1N=C. The lowest BCUT2D eigenvalue weighted by atomic mass is 10.1. The first-order valence-electron chi connectivity index (χ1n) is 3.80. The van der Waals surface area contributed by atoms with Crippen molar-refractivity contribution in [3.8, 4) is 0 Å². The fourth-order valence-electron chi connectivity index (χ4n) is 1.13. The lowest BCUT2D eigenvalue weighted by molar-refractivity contribution is -0.137. The van der Waals surface area contributed by atoms with Gasteiger partial charge in [-0.3, -0.25) is 4.99 Å². The summed E-state index contributed by atoms with van der Waals surface area (Å²) in [5.41, 5.74) is -0.630. The summed E-state index contributed by atoms with van der Waals surface area (Å²) >= 11 is 0. The Morgan fingerprint density at radius 2 is 1.93 bits per heavy atom. The predicted molar refractivity (Wildman–Crippen MR) is 50.7 cm³/mol. The van der Waals surface area contributed by atoms with E-state index in [-0.39, 0.29) is 5.69 Å². The van der Waals surface area contributed by atoms with Crippen molar-refractivity contribution in [1.29, 1.82) is 0 Å². The van der Waals surface area contributed by atoms with Crippen molar-refractivity contribution in [3.05, 3.63) is 35.9 Å². The molecule has 1 nitrogen and oxygen atoms in total. The second kappa shape index (κ2) is 3.65. The van der Waals surface area contributed by atoms with E-state index in [0.717, 1.165) is 6.07 Å². The maximum Gasteiger partial charge on any atom is 0.418 e. The van der Waals surface area contributed by atoms with Crippen LogP contribution in [0.5, 0.6) is 0 Å². The lowest BCUT2D eigenvalue weighted by Crippen LogP contribution is -2.05. The Balaban J connectivity index is 3.44. The smallest absolute Gasteiger partial charge is 0.263 e. The summed E-state index contributed by atoms with van der Waals surface area (Å²) in [5.74, 6) is 0. The Morgan fingerprint density at radius 1 is 1.29 bits per heavy atom. The maximum absolute atomic E-state index is 12.4. The molecule has 0 spiro atoms. The minimum atomic E-state index is -4.41. The molecule has 0 aromatic heterocycles. The molecule has 0 unspecified atom stereocenters. The molecule has 0 aliphatic rings. The fraction of sp³-hybridized carbons (Fsp3) is 0.100. The van der Waals surface area contributed by atoms with Crippen molar-refractivity contribution in [2.24, 2.45) is 4.99 Å². The molecule has 0 saturated carbocycles. The highest BCUT2D eigenvalue weighted by molar-refractivity contribution is 5.68. The van der Waals surface area contributed by atoms with E-state index < -0.39 is 11.7 Å². The van der Waals surface area contributed by atoms with Gasteiger partial charge in [0.2, 0.25) is 0 Å². The van der Waals surface area contributed by atoms with Gasteiger partial charge >= 0.3 is 6.18 Å². The average molecular weight is 199 g/mol. The molecule has 1 rings (SSSR count). The van der Waals surface area contributed by atoms with Gasteiger partial charge in [0.25, 0.3) is 0 Å². The molecule has 0 fully saturated rings. The molecule has 0 heterocycles. The summed E-state index contributed by atoms with van der Waals surface area (Å²) in [4.78, 5) is 3.37. The van der Waals surface area contributed by atoms with Crippen LogP contribution in [0, 0.1) is 0 Å². The van der Waals surface area contributed by atoms with Crippen molar-refractivity contribution in [2.75, 3.05) is 0 Å². The van der Waals surface area contributed by atoms with Gasteiger partial charge in [-0.2, -0.15) is 13.2 Å². The van der Waals surface area contributed by atoms with Gasteiger partial charge in [0, 0.05) is 5.56 Å². The highest BCUT2D eigenvalue weighted by Crippen LogP contribution is 2.38. The molecule has 14 heavy (non-hydrogen) atoms. The van der Waals surface area contributed by atoms with E-state index in [2.05, 4.69) is 18.3 Å². The van der Waals surface area contributed by atoms with E-state index in [9.17, 15) is 13.2 Å². The fourth-order valence-corrected chi connectivity index (χ4v) is 1.13. The number of benzene rings is 1. The molecule has 0 amide bonds. The summed E-state index contributed by atoms with van der Waals surface area (Å²) in [5, 5.41) is 0. The van der Waals surface area contributed by atoms with Gasteiger partial charge in [0.1, 0.15) is 0 Å². The second-order valence-corrected chi connectivity index (χ2v) is 2.60. The van der Waals surface area contributed by atoms with Crippen LogP contribution in [0.3, 0.4) is 0 Å². The molecule has 1 aromatic rings. The zero-order chi connectivity index (χ0) is 10.8. The van der Waals surface area contributed by atoms with E-state index in [0.29, 0.717) is 5.56 Å². The molecule has 0 N–H and O–H groups in total. The van der Waals surface area contributed by atoms with Crippen molar-refractivity contribution < 1.29 is 13.2 Å². The zero-order valence-corrected chi connectivity index (χ0v) is 7.30. The van der Waals surface area contributed by atoms with E-state index in [1.54, 1.807) is 0 Å². The molecule has 0 aliphatic heterocycles. The van der Waals surface area contributed by atoms with Crippen LogP contribution in [0.4, 0.5) is 18.9 Å². The van der Waals surface area contributed by atoms with Crippen LogP contribution in [-0.2, 0) is 6.18 Å². The quantitative estimate of drug-likeness (QED) is 0.644. The first-order valence-corrected chi connectivity index (χ1v) is 3.80. The van der Waals surface area contributed by atoms with Gasteiger partial charge in [0.15, 0.2) is 0 Å². The highest BCUT2D eigenvalue weighted by Gasteiger charge is 2.33. The number of hydrogen-bond donors (Lipinski definition) is 0. The third-order valence-electron chi connectivity index (χ3n) is 1.75. The van der Waals surface area contributed by atoms with Gasteiger partial charge in [-0.25, -0.2) is 0 Å². The molecule has 4 heteroatoms. The lowest BCUT2D eigenvalue weighted by Gasteiger charge is -2.11. The third-order valence-corrected chi connectivity index (χ3v) is 1.75. The van der Waals surface area contributed by atoms with E-state index in [1.807, 2.05) is 0 Å².